The van der Waals surface area contributed by atoms with E-state index in [1.54, 1.807) is 25.5 Å². The van der Waals surface area contributed by atoms with Gasteiger partial charge in [0.15, 0.2) is 5.78 Å². The highest BCUT2D eigenvalue weighted by Crippen LogP contribution is 2.19. The zero-order valence-corrected chi connectivity index (χ0v) is 11.3. The summed E-state index contributed by atoms with van der Waals surface area (Å²) in [5.41, 5.74) is 3.38. The number of aryl methyl sites for hydroxylation is 1. The van der Waals surface area contributed by atoms with E-state index >= 15 is 0 Å². The van der Waals surface area contributed by atoms with Crippen LogP contribution in [0.4, 0.5) is 11.5 Å². The molecule has 0 amide bonds. The lowest BCUT2D eigenvalue weighted by atomic mass is 10.1. The Hall–Kier alpha value is -2.69. The van der Waals surface area contributed by atoms with Crippen LogP contribution in [0.5, 0.6) is 0 Å². The van der Waals surface area contributed by atoms with Gasteiger partial charge < -0.3 is 9.88 Å². The predicted octanol–water partition coefficient (Wildman–Crippen LogP) is 2.91. The summed E-state index contributed by atoms with van der Waals surface area (Å²) < 4.78 is 1.94. The smallest absolute Gasteiger partial charge is 0.159 e. The number of nitrogens with one attached hydrogen (secondary N) is 1. The largest absolute Gasteiger partial charge is 0.340 e. The van der Waals surface area contributed by atoms with Gasteiger partial charge in [-0.25, -0.2) is 9.97 Å². The quantitative estimate of drug-likeness (QED) is 0.740. The molecule has 5 heteroatoms. The number of rotatable bonds is 3. The number of benzene rings is 1. The van der Waals surface area contributed by atoms with E-state index in [0.29, 0.717) is 5.56 Å². The van der Waals surface area contributed by atoms with E-state index in [1.807, 2.05) is 35.9 Å². The second-order valence-electron chi connectivity index (χ2n) is 4.68. The first-order valence-electron chi connectivity index (χ1n) is 6.28. The third-order valence-electron chi connectivity index (χ3n) is 3.15. The lowest BCUT2D eigenvalue weighted by Crippen LogP contribution is -1.97. The Morgan fingerprint density at radius 1 is 1.25 bits per heavy atom. The number of nitrogens with zero attached hydrogens (tertiary/aromatic N) is 3. The Labute approximate surface area is 116 Å². The number of hydrogen-bond acceptors (Lipinski definition) is 4. The van der Waals surface area contributed by atoms with E-state index in [9.17, 15) is 4.79 Å². The molecule has 0 saturated carbocycles. The molecule has 0 aliphatic rings. The van der Waals surface area contributed by atoms with Gasteiger partial charge in [0, 0.05) is 24.4 Å². The molecule has 20 heavy (non-hydrogen) atoms. The van der Waals surface area contributed by atoms with E-state index in [4.69, 9.17) is 0 Å². The predicted molar refractivity (Wildman–Crippen MR) is 78.2 cm³/mol. The van der Waals surface area contributed by atoms with Crippen molar-refractivity contribution in [2.45, 2.75) is 6.92 Å². The maximum absolute atomic E-state index is 11.4. The van der Waals surface area contributed by atoms with Crippen molar-refractivity contribution < 1.29 is 4.79 Å². The van der Waals surface area contributed by atoms with Crippen molar-refractivity contribution in [2.24, 2.45) is 7.05 Å². The maximum atomic E-state index is 11.4. The summed E-state index contributed by atoms with van der Waals surface area (Å²) in [5.74, 6) is 0.769. The molecular weight excluding hydrogens is 252 g/mol. The van der Waals surface area contributed by atoms with Crippen molar-refractivity contribution in [2.75, 3.05) is 5.32 Å². The van der Waals surface area contributed by atoms with Crippen LogP contribution in [-0.4, -0.2) is 20.3 Å². The van der Waals surface area contributed by atoms with Gasteiger partial charge in [0.1, 0.15) is 11.3 Å². The molecule has 2 heterocycles. The zero-order chi connectivity index (χ0) is 14.1. The minimum atomic E-state index is 0.0451. The number of Topliss-reactive ketones (excluding diaryl/α,β-unsaturated/α-hetero) is 1. The molecule has 0 aliphatic carbocycles. The van der Waals surface area contributed by atoms with Crippen molar-refractivity contribution in [3.05, 3.63) is 48.4 Å². The van der Waals surface area contributed by atoms with Gasteiger partial charge in [-0.1, -0.05) is 12.1 Å². The normalized spacial score (nSPS) is 10.7. The Balaban J connectivity index is 1.94. The lowest BCUT2D eigenvalue weighted by Gasteiger charge is -2.07. The average Bonchev–Trinajstić information content (AvgIpc) is 2.81. The van der Waals surface area contributed by atoms with E-state index < -0.39 is 0 Å². The van der Waals surface area contributed by atoms with Gasteiger partial charge in [0.05, 0.1) is 18.0 Å². The van der Waals surface area contributed by atoms with Crippen molar-refractivity contribution in [1.82, 2.24) is 14.5 Å². The Morgan fingerprint density at radius 2 is 2.10 bits per heavy atom. The molecule has 0 saturated heterocycles. The topological polar surface area (TPSA) is 59.8 Å². The molecule has 100 valence electrons. The number of imidazole rings is 1. The molecule has 3 aromatic rings. The van der Waals surface area contributed by atoms with Crippen molar-refractivity contribution in [3.63, 3.8) is 0 Å². The van der Waals surface area contributed by atoms with Gasteiger partial charge in [-0.3, -0.25) is 4.79 Å². The monoisotopic (exact) mass is 266 g/mol. The number of carbonyl (C=O) groups excluding carboxylic acids is 1. The van der Waals surface area contributed by atoms with Crippen LogP contribution < -0.4 is 5.32 Å². The van der Waals surface area contributed by atoms with Crippen LogP contribution >= 0.6 is 0 Å². The number of aromatic nitrogens is 3. The first-order valence-corrected chi connectivity index (χ1v) is 6.28. The fourth-order valence-electron chi connectivity index (χ4n) is 2.06. The van der Waals surface area contributed by atoms with E-state index in [1.165, 1.54) is 0 Å². The highest BCUT2D eigenvalue weighted by atomic mass is 16.1. The number of fused-ring (bicyclic) bond motifs is 1. The molecule has 1 N–H and O–H groups in total. The SMILES string of the molecule is CC(=O)c1cccc(Nc2cc3c(cn2)ncn3C)c1. The molecule has 0 unspecified atom stereocenters. The van der Waals surface area contributed by atoms with E-state index in [0.717, 1.165) is 22.5 Å². The van der Waals surface area contributed by atoms with E-state index in [2.05, 4.69) is 15.3 Å². The number of anilines is 2. The van der Waals surface area contributed by atoms with Crippen molar-refractivity contribution in [1.29, 1.82) is 0 Å². The van der Waals surface area contributed by atoms with Crippen LogP contribution in [0.3, 0.4) is 0 Å². The average molecular weight is 266 g/mol. The minimum absolute atomic E-state index is 0.0451. The molecule has 0 radical (unpaired) electrons. The fourth-order valence-corrected chi connectivity index (χ4v) is 2.06. The van der Waals surface area contributed by atoms with E-state index in [-0.39, 0.29) is 5.78 Å². The Morgan fingerprint density at radius 3 is 2.90 bits per heavy atom. The third kappa shape index (κ3) is 2.25. The second kappa shape index (κ2) is 4.77. The molecule has 1 aromatic carbocycles. The standard InChI is InChI=1S/C15H14N4O/c1-10(20)11-4-3-5-12(6-11)18-15-7-14-13(8-16-15)17-9-19(14)2/h3-9H,1-2H3,(H,16,18). The third-order valence-corrected chi connectivity index (χ3v) is 3.15. The maximum Gasteiger partial charge on any atom is 0.159 e. The van der Waals surface area contributed by atoms with Crippen LogP contribution in [-0.2, 0) is 7.05 Å². The van der Waals surface area contributed by atoms with Crippen LogP contribution in [0.1, 0.15) is 17.3 Å². The summed E-state index contributed by atoms with van der Waals surface area (Å²) in [4.78, 5) is 19.9. The molecule has 0 bridgehead atoms. The molecule has 2 aromatic heterocycles. The van der Waals surface area contributed by atoms with Crippen LogP contribution in [0.25, 0.3) is 11.0 Å². The molecule has 0 aliphatic heterocycles. The number of hydrogen-bond donors (Lipinski definition) is 1. The molecule has 0 atom stereocenters. The zero-order valence-electron chi connectivity index (χ0n) is 11.3. The van der Waals surface area contributed by atoms with Gasteiger partial charge in [0.25, 0.3) is 0 Å². The van der Waals surface area contributed by atoms with Crippen LogP contribution in [0.15, 0.2) is 42.9 Å². The summed E-state index contributed by atoms with van der Waals surface area (Å²) in [6, 6.07) is 9.30. The number of pyridine rings is 1. The lowest BCUT2D eigenvalue weighted by molar-refractivity contribution is 0.101. The second-order valence-corrected chi connectivity index (χ2v) is 4.68. The van der Waals surface area contributed by atoms with Crippen molar-refractivity contribution >= 4 is 28.3 Å². The molecule has 5 nitrogen and oxygen atoms in total. The summed E-state index contributed by atoms with van der Waals surface area (Å²) in [7, 11) is 1.94. The minimum Gasteiger partial charge on any atom is -0.340 e. The van der Waals surface area contributed by atoms with Gasteiger partial charge in [-0.15, -0.1) is 0 Å². The number of carbonyl (C=O) groups is 1. The van der Waals surface area contributed by atoms with Crippen LogP contribution in [0.2, 0.25) is 0 Å². The summed E-state index contributed by atoms with van der Waals surface area (Å²) in [6.07, 6.45) is 3.49. The first kappa shape index (κ1) is 12.3. The molecule has 0 spiro atoms. The van der Waals surface area contributed by atoms with Crippen LogP contribution in [0, 0.1) is 0 Å². The molecule has 0 fully saturated rings. The highest BCUT2D eigenvalue weighted by Gasteiger charge is 2.04. The van der Waals surface area contributed by atoms with Crippen molar-refractivity contribution in [3.8, 4) is 0 Å². The fraction of sp³-hybridized carbons (Fsp3) is 0.133. The summed E-state index contributed by atoms with van der Waals surface area (Å²) >= 11 is 0. The summed E-state index contributed by atoms with van der Waals surface area (Å²) in [6.45, 7) is 1.55. The van der Waals surface area contributed by atoms with Gasteiger partial charge >= 0.3 is 0 Å². The Bertz CT molecular complexity index is 791. The Kier molecular flexibility index (Phi) is 2.95. The first-order chi connectivity index (χ1) is 9.63. The molecular formula is C15H14N4O. The van der Waals surface area contributed by atoms with Gasteiger partial charge in [-0.2, -0.15) is 0 Å². The van der Waals surface area contributed by atoms with Gasteiger partial charge in [0.2, 0.25) is 0 Å². The summed E-state index contributed by atoms with van der Waals surface area (Å²) in [5, 5.41) is 3.20. The highest BCUT2D eigenvalue weighted by molar-refractivity contribution is 5.95. The molecule has 3 rings (SSSR count). The van der Waals surface area contributed by atoms with Gasteiger partial charge in [-0.05, 0) is 19.1 Å². The number of ketones is 1.